The second kappa shape index (κ2) is 5.42. The highest BCUT2D eigenvalue weighted by atomic mass is 35.5. The molecule has 5 heteroatoms. The molecule has 0 saturated heterocycles. The van der Waals surface area contributed by atoms with Crippen molar-refractivity contribution in [2.75, 3.05) is 0 Å². The highest BCUT2D eigenvalue weighted by Gasteiger charge is 2.28. The molecule has 0 N–H and O–H groups in total. The maximum Gasteiger partial charge on any atom is 0.262 e. The van der Waals surface area contributed by atoms with Crippen molar-refractivity contribution in [2.24, 2.45) is 5.41 Å². The van der Waals surface area contributed by atoms with Crippen molar-refractivity contribution in [3.05, 3.63) is 57.7 Å². The highest BCUT2D eigenvalue weighted by molar-refractivity contribution is 6.35. The first-order valence-corrected chi connectivity index (χ1v) is 8.47. The first-order chi connectivity index (χ1) is 11.4. The standard InChI is InChI=1S/C19H18ClN3O/c1-19(2)7-6-16-22-15-10-12(14-5-3-4-8-21-14)9-13(20)17(15)18(24)23(16)11-19/h3-5,8-10H,6-7,11H2,1-2H3. The van der Waals surface area contributed by atoms with E-state index in [0.717, 1.165) is 29.9 Å². The van der Waals surface area contributed by atoms with Gasteiger partial charge in [-0.25, -0.2) is 4.98 Å². The summed E-state index contributed by atoms with van der Waals surface area (Å²) in [6.45, 7) is 5.04. The van der Waals surface area contributed by atoms with E-state index in [1.807, 2.05) is 24.3 Å². The van der Waals surface area contributed by atoms with Gasteiger partial charge in [-0.1, -0.05) is 31.5 Å². The van der Waals surface area contributed by atoms with Crippen LogP contribution in [0, 0.1) is 5.41 Å². The van der Waals surface area contributed by atoms with Crippen LogP contribution < -0.4 is 5.56 Å². The van der Waals surface area contributed by atoms with E-state index in [-0.39, 0.29) is 11.0 Å². The fraction of sp³-hybridized carbons (Fsp3) is 0.316. The van der Waals surface area contributed by atoms with Crippen LogP contribution in [0.25, 0.3) is 22.2 Å². The first-order valence-electron chi connectivity index (χ1n) is 8.09. The van der Waals surface area contributed by atoms with E-state index in [4.69, 9.17) is 16.6 Å². The van der Waals surface area contributed by atoms with Gasteiger partial charge in [0, 0.05) is 24.7 Å². The summed E-state index contributed by atoms with van der Waals surface area (Å²) in [5, 5.41) is 0.933. The van der Waals surface area contributed by atoms with Gasteiger partial charge in [-0.2, -0.15) is 0 Å². The zero-order chi connectivity index (χ0) is 16.9. The van der Waals surface area contributed by atoms with E-state index in [1.54, 1.807) is 16.8 Å². The van der Waals surface area contributed by atoms with Gasteiger partial charge >= 0.3 is 0 Å². The molecule has 3 aromatic rings. The largest absolute Gasteiger partial charge is 0.296 e. The molecule has 4 nitrogen and oxygen atoms in total. The Morgan fingerprint density at radius 3 is 2.83 bits per heavy atom. The van der Waals surface area contributed by atoms with Gasteiger partial charge in [-0.05, 0) is 36.1 Å². The van der Waals surface area contributed by atoms with Crippen molar-refractivity contribution in [2.45, 2.75) is 33.2 Å². The Morgan fingerprint density at radius 1 is 1.25 bits per heavy atom. The lowest BCUT2D eigenvalue weighted by Gasteiger charge is -2.32. The Morgan fingerprint density at radius 2 is 2.08 bits per heavy atom. The predicted molar refractivity (Wildman–Crippen MR) is 96.3 cm³/mol. The molecule has 3 heterocycles. The lowest BCUT2D eigenvalue weighted by molar-refractivity contribution is 0.240. The minimum absolute atomic E-state index is 0.0413. The summed E-state index contributed by atoms with van der Waals surface area (Å²) >= 11 is 6.45. The van der Waals surface area contributed by atoms with Crippen LogP contribution in [-0.2, 0) is 13.0 Å². The molecule has 0 aliphatic carbocycles. The van der Waals surface area contributed by atoms with Gasteiger partial charge in [-0.15, -0.1) is 0 Å². The number of fused-ring (bicyclic) bond motifs is 2. The molecule has 1 aliphatic heterocycles. The van der Waals surface area contributed by atoms with Gasteiger partial charge < -0.3 is 0 Å². The molecule has 0 fully saturated rings. The molecule has 0 spiro atoms. The fourth-order valence-electron chi connectivity index (χ4n) is 3.34. The summed E-state index contributed by atoms with van der Waals surface area (Å²) in [6, 6.07) is 9.43. The SMILES string of the molecule is CC1(C)CCc2nc3cc(-c4ccccn4)cc(Cl)c3c(=O)n2C1. The van der Waals surface area contributed by atoms with E-state index >= 15 is 0 Å². The molecule has 0 unspecified atom stereocenters. The number of benzene rings is 1. The third kappa shape index (κ3) is 2.51. The van der Waals surface area contributed by atoms with Gasteiger partial charge in [0.1, 0.15) is 5.82 Å². The number of rotatable bonds is 1. The first kappa shape index (κ1) is 15.3. The second-order valence-corrected chi connectivity index (χ2v) is 7.56. The molecular formula is C19H18ClN3O. The normalized spacial score (nSPS) is 16.1. The van der Waals surface area contributed by atoms with Crippen molar-refractivity contribution in [3.8, 4) is 11.3 Å². The number of pyridine rings is 1. The van der Waals surface area contributed by atoms with Gasteiger partial charge in [-0.3, -0.25) is 14.3 Å². The lowest BCUT2D eigenvalue weighted by atomic mass is 9.85. The quantitative estimate of drug-likeness (QED) is 0.671. The molecule has 0 amide bonds. The average molecular weight is 340 g/mol. The Balaban J connectivity index is 1.96. The van der Waals surface area contributed by atoms with Crippen LogP contribution in [0.15, 0.2) is 41.3 Å². The van der Waals surface area contributed by atoms with Gasteiger partial charge in [0.15, 0.2) is 0 Å². The van der Waals surface area contributed by atoms with Crippen LogP contribution in [0.5, 0.6) is 0 Å². The zero-order valence-corrected chi connectivity index (χ0v) is 14.5. The molecule has 0 atom stereocenters. The number of aromatic nitrogens is 3. The minimum atomic E-state index is -0.0413. The Bertz CT molecular complexity index is 993. The zero-order valence-electron chi connectivity index (χ0n) is 13.7. The van der Waals surface area contributed by atoms with Crippen LogP contribution in [-0.4, -0.2) is 14.5 Å². The van der Waals surface area contributed by atoms with E-state index in [0.29, 0.717) is 22.5 Å². The molecule has 2 aromatic heterocycles. The summed E-state index contributed by atoms with van der Waals surface area (Å²) < 4.78 is 1.79. The van der Waals surface area contributed by atoms with Gasteiger partial charge in [0.25, 0.3) is 5.56 Å². The van der Waals surface area contributed by atoms with Crippen LogP contribution in [0.3, 0.4) is 0 Å². The molecule has 122 valence electrons. The molecule has 0 saturated carbocycles. The molecule has 24 heavy (non-hydrogen) atoms. The summed E-state index contributed by atoms with van der Waals surface area (Å²) in [5.41, 5.74) is 2.41. The Hall–Kier alpha value is -2.20. The number of hydrogen-bond acceptors (Lipinski definition) is 3. The number of nitrogens with zero attached hydrogens (tertiary/aromatic N) is 3. The third-order valence-electron chi connectivity index (χ3n) is 4.66. The summed E-state index contributed by atoms with van der Waals surface area (Å²) in [4.78, 5) is 22.0. The van der Waals surface area contributed by atoms with Crippen LogP contribution >= 0.6 is 11.6 Å². The smallest absolute Gasteiger partial charge is 0.262 e. The third-order valence-corrected chi connectivity index (χ3v) is 4.96. The maximum atomic E-state index is 13.0. The number of halogens is 1. The van der Waals surface area contributed by atoms with Crippen LogP contribution in [0.1, 0.15) is 26.1 Å². The molecular weight excluding hydrogens is 322 g/mol. The monoisotopic (exact) mass is 339 g/mol. The van der Waals surface area contributed by atoms with Crippen molar-refractivity contribution in [1.29, 1.82) is 0 Å². The van der Waals surface area contributed by atoms with Crippen molar-refractivity contribution in [1.82, 2.24) is 14.5 Å². The van der Waals surface area contributed by atoms with E-state index in [2.05, 4.69) is 18.8 Å². The number of aryl methyl sites for hydroxylation is 1. The van der Waals surface area contributed by atoms with Gasteiger partial charge in [0.2, 0.25) is 0 Å². The van der Waals surface area contributed by atoms with E-state index < -0.39 is 0 Å². The Kier molecular flexibility index (Phi) is 3.46. The number of hydrogen-bond donors (Lipinski definition) is 0. The average Bonchev–Trinajstić information content (AvgIpc) is 2.56. The van der Waals surface area contributed by atoms with Crippen molar-refractivity contribution < 1.29 is 0 Å². The molecule has 0 bridgehead atoms. The molecule has 1 aromatic carbocycles. The highest BCUT2D eigenvalue weighted by Crippen LogP contribution is 2.32. The van der Waals surface area contributed by atoms with Crippen LogP contribution in [0.2, 0.25) is 5.02 Å². The summed E-state index contributed by atoms with van der Waals surface area (Å²) in [6.07, 6.45) is 3.58. The lowest BCUT2D eigenvalue weighted by Crippen LogP contribution is -2.36. The molecule has 1 aliphatic rings. The molecule has 4 rings (SSSR count). The second-order valence-electron chi connectivity index (χ2n) is 7.15. The topological polar surface area (TPSA) is 47.8 Å². The molecule has 0 radical (unpaired) electrons. The van der Waals surface area contributed by atoms with Crippen molar-refractivity contribution >= 4 is 22.5 Å². The predicted octanol–water partition coefficient (Wildman–Crippen LogP) is 4.08. The van der Waals surface area contributed by atoms with Crippen molar-refractivity contribution in [3.63, 3.8) is 0 Å². The summed E-state index contributed by atoms with van der Waals surface area (Å²) in [5.74, 6) is 0.848. The summed E-state index contributed by atoms with van der Waals surface area (Å²) in [7, 11) is 0. The fourth-order valence-corrected chi connectivity index (χ4v) is 3.63. The Labute approximate surface area is 145 Å². The van der Waals surface area contributed by atoms with Gasteiger partial charge in [0.05, 0.1) is 21.6 Å². The van der Waals surface area contributed by atoms with E-state index in [9.17, 15) is 4.79 Å². The van der Waals surface area contributed by atoms with E-state index in [1.165, 1.54) is 0 Å². The minimum Gasteiger partial charge on any atom is -0.296 e. The van der Waals surface area contributed by atoms with Crippen LogP contribution in [0.4, 0.5) is 0 Å². The maximum absolute atomic E-state index is 13.0.